The van der Waals surface area contributed by atoms with Gasteiger partial charge in [0.25, 0.3) is 0 Å². The minimum absolute atomic E-state index is 0.266. The molecule has 0 aromatic carbocycles. The van der Waals surface area contributed by atoms with Crippen molar-refractivity contribution in [2.45, 2.75) is 12.7 Å². The molecule has 11 heavy (non-hydrogen) atoms. The van der Waals surface area contributed by atoms with Gasteiger partial charge in [-0.15, -0.1) is 0 Å². The highest BCUT2D eigenvalue weighted by Gasteiger charge is 2.35. The van der Waals surface area contributed by atoms with Gasteiger partial charge in [0, 0.05) is 6.54 Å². The van der Waals surface area contributed by atoms with Crippen LogP contribution in [0, 0.1) is 0 Å². The van der Waals surface area contributed by atoms with Crippen LogP contribution >= 0.6 is 0 Å². The van der Waals surface area contributed by atoms with Crippen molar-refractivity contribution >= 4 is 0 Å². The number of hydrogen-bond donors (Lipinski definition) is 1. The van der Waals surface area contributed by atoms with E-state index in [-0.39, 0.29) is 12.2 Å². The second kappa shape index (κ2) is 2.54. The summed E-state index contributed by atoms with van der Waals surface area (Å²) in [5.41, 5.74) is 3.80. The van der Waals surface area contributed by atoms with E-state index in [0.717, 1.165) is 0 Å². The molecule has 0 unspecified atom stereocenters. The van der Waals surface area contributed by atoms with Crippen LogP contribution in [0.1, 0.15) is 11.3 Å². The van der Waals surface area contributed by atoms with Crippen LogP contribution in [0.5, 0.6) is 0 Å². The van der Waals surface area contributed by atoms with Crippen molar-refractivity contribution in [3.8, 4) is 0 Å². The van der Waals surface area contributed by atoms with Crippen LogP contribution in [0.15, 0.2) is 10.8 Å². The van der Waals surface area contributed by atoms with Crippen molar-refractivity contribution in [3.05, 3.63) is 17.5 Å². The van der Waals surface area contributed by atoms with Gasteiger partial charge in [-0.1, -0.05) is 5.16 Å². The Morgan fingerprint density at radius 2 is 2.18 bits per heavy atom. The Morgan fingerprint density at radius 3 is 2.55 bits per heavy atom. The first kappa shape index (κ1) is 8.06. The smallest absolute Gasteiger partial charge is 0.364 e. The van der Waals surface area contributed by atoms with Crippen LogP contribution in [0.3, 0.4) is 0 Å². The molecule has 0 fully saturated rings. The summed E-state index contributed by atoms with van der Waals surface area (Å²) in [6.07, 6.45) is -3.88. The number of rotatable bonds is 1. The first-order chi connectivity index (χ1) is 5.05. The van der Waals surface area contributed by atoms with Crippen LogP contribution in [0.2, 0.25) is 0 Å². The molecule has 0 saturated heterocycles. The molecule has 0 bridgehead atoms. The monoisotopic (exact) mass is 166 g/mol. The fourth-order valence-corrected chi connectivity index (χ4v) is 0.638. The summed E-state index contributed by atoms with van der Waals surface area (Å²) < 4.78 is 39.9. The lowest BCUT2D eigenvalue weighted by Crippen LogP contribution is -2.09. The van der Waals surface area contributed by atoms with E-state index in [1.54, 1.807) is 0 Å². The van der Waals surface area contributed by atoms with Gasteiger partial charge in [0.15, 0.2) is 0 Å². The summed E-state index contributed by atoms with van der Waals surface area (Å²) in [6.45, 7) is -0.272. The molecular formula is C5H5F3N2O. The Labute approximate surface area is 60.0 Å². The van der Waals surface area contributed by atoms with Gasteiger partial charge in [-0.05, 0) is 0 Å². The molecule has 0 radical (unpaired) electrons. The molecule has 2 N–H and O–H groups in total. The third-order valence-corrected chi connectivity index (χ3v) is 1.14. The Kier molecular flexibility index (Phi) is 1.86. The quantitative estimate of drug-likeness (QED) is 0.680. The van der Waals surface area contributed by atoms with Gasteiger partial charge in [0.2, 0.25) is 0 Å². The first-order valence-corrected chi connectivity index (χ1v) is 2.76. The molecule has 0 aliphatic heterocycles. The van der Waals surface area contributed by atoms with Gasteiger partial charge in [0.1, 0.15) is 17.5 Å². The van der Waals surface area contributed by atoms with E-state index in [9.17, 15) is 13.2 Å². The van der Waals surface area contributed by atoms with Crippen LogP contribution in [0.25, 0.3) is 0 Å². The number of aromatic nitrogens is 1. The van der Waals surface area contributed by atoms with Crippen molar-refractivity contribution in [3.63, 3.8) is 0 Å². The average Bonchev–Trinajstić information content (AvgIpc) is 2.31. The van der Waals surface area contributed by atoms with E-state index in [0.29, 0.717) is 6.26 Å². The summed E-state index contributed by atoms with van der Waals surface area (Å²) in [4.78, 5) is 0. The molecule has 1 heterocycles. The van der Waals surface area contributed by atoms with Crippen molar-refractivity contribution in [1.29, 1.82) is 0 Å². The molecule has 0 atom stereocenters. The van der Waals surface area contributed by atoms with E-state index in [1.165, 1.54) is 0 Å². The zero-order valence-electron chi connectivity index (χ0n) is 5.35. The van der Waals surface area contributed by atoms with E-state index in [4.69, 9.17) is 5.73 Å². The molecule has 3 nitrogen and oxygen atoms in total. The van der Waals surface area contributed by atoms with E-state index < -0.39 is 11.7 Å². The molecule has 1 aromatic heterocycles. The van der Waals surface area contributed by atoms with Gasteiger partial charge in [-0.3, -0.25) is 0 Å². The standard InChI is InChI=1S/C5H5F3N2O/c6-5(7,8)3-2-11-10-4(3)1-9/h2H,1,9H2. The molecule has 6 heteroatoms. The fourth-order valence-electron chi connectivity index (χ4n) is 0.638. The maximum Gasteiger partial charge on any atom is 0.421 e. The summed E-state index contributed by atoms with van der Waals surface area (Å²) in [6, 6.07) is 0. The fraction of sp³-hybridized carbons (Fsp3) is 0.400. The first-order valence-electron chi connectivity index (χ1n) is 2.76. The SMILES string of the molecule is NCc1nocc1C(F)(F)F. The van der Waals surface area contributed by atoms with Crippen LogP contribution < -0.4 is 5.73 Å². The van der Waals surface area contributed by atoms with E-state index in [2.05, 4.69) is 9.68 Å². The molecule has 1 rings (SSSR count). The van der Waals surface area contributed by atoms with Gasteiger partial charge >= 0.3 is 6.18 Å². The van der Waals surface area contributed by atoms with E-state index >= 15 is 0 Å². The molecule has 0 spiro atoms. The molecule has 0 saturated carbocycles. The van der Waals surface area contributed by atoms with Gasteiger partial charge in [-0.2, -0.15) is 13.2 Å². The average molecular weight is 166 g/mol. The van der Waals surface area contributed by atoms with E-state index in [1.807, 2.05) is 0 Å². The van der Waals surface area contributed by atoms with Crippen molar-refractivity contribution < 1.29 is 17.7 Å². The van der Waals surface area contributed by atoms with Crippen molar-refractivity contribution in [2.24, 2.45) is 5.73 Å². The summed E-state index contributed by atoms with van der Waals surface area (Å²) in [5, 5.41) is 3.08. The Bertz CT molecular complexity index is 242. The lowest BCUT2D eigenvalue weighted by Gasteiger charge is -2.02. The molecule has 0 aliphatic rings. The highest BCUT2D eigenvalue weighted by molar-refractivity contribution is 5.17. The maximum atomic E-state index is 11.9. The summed E-state index contributed by atoms with van der Waals surface area (Å²) >= 11 is 0. The lowest BCUT2D eigenvalue weighted by molar-refractivity contribution is -0.138. The second-order valence-corrected chi connectivity index (χ2v) is 1.88. The Morgan fingerprint density at radius 1 is 1.55 bits per heavy atom. The summed E-state index contributed by atoms with van der Waals surface area (Å²) in [7, 11) is 0. The van der Waals surface area contributed by atoms with Gasteiger partial charge in [-0.25, -0.2) is 0 Å². The normalized spacial score (nSPS) is 12.0. The molecule has 1 aromatic rings. The minimum Gasteiger partial charge on any atom is -0.364 e. The van der Waals surface area contributed by atoms with Crippen molar-refractivity contribution in [2.75, 3.05) is 0 Å². The Hall–Kier alpha value is -1.04. The number of halogens is 3. The van der Waals surface area contributed by atoms with Gasteiger partial charge < -0.3 is 10.3 Å². The molecular weight excluding hydrogens is 161 g/mol. The predicted octanol–water partition coefficient (Wildman–Crippen LogP) is 1.15. The van der Waals surface area contributed by atoms with Crippen molar-refractivity contribution in [1.82, 2.24) is 5.16 Å². The number of alkyl halides is 3. The third-order valence-electron chi connectivity index (χ3n) is 1.14. The molecule has 0 aliphatic carbocycles. The zero-order valence-corrected chi connectivity index (χ0v) is 5.35. The largest absolute Gasteiger partial charge is 0.421 e. The number of nitrogens with zero attached hydrogens (tertiary/aromatic N) is 1. The van der Waals surface area contributed by atoms with Gasteiger partial charge in [0.05, 0.1) is 0 Å². The maximum absolute atomic E-state index is 11.9. The Balaban J connectivity index is 3.02. The number of hydrogen-bond acceptors (Lipinski definition) is 3. The predicted molar refractivity (Wildman–Crippen MR) is 29.4 cm³/mol. The highest BCUT2D eigenvalue weighted by atomic mass is 19.4. The van der Waals surface area contributed by atoms with Crippen LogP contribution in [0.4, 0.5) is 13.2 Å². The lowest BCUT2D eigenvalue weighted by atomic mass is 10.2. The topological polar surface area (TPSA) is 52.0 Å². The third kappa shape index (κ3) is 1.51. The van der Waals surface area contributed by atoms with Crippen LogP contribution in [-0.2, 0) is 12.7 Å². The zero-order chi connectivity index (χ0) is 8.48. The molecule has 0 amide bonds. The highest BCUT2D eigenvalue weighted by Crippen LogP contribution is 2.31. The van der Waals surface area contributed by atoms with Crippen LogP contribution in [-0.4, -0.2) is 5.16 Å². The number of nitrogens with two attached hydrogens (primary N) is 1. The second-order valence-electron chi connectivity index (χ2n) is 1.88. The molecule has 62 valence electrons. The minimum atomic E-state index is -4.42. The summed E-state index contributed by atoms with van der Waals surface area (Å²) in [5.74, 6) is 0.